The Morgan fingerprint density at radius 2 is 2.30 bits per heavy atom. The second kappa shape index (κ2) is 6.89. The molecule has 0 saturated carbocycles. The van der Waals surface area contributed by atoms with Crippen LogP contribution in [-0.2, 0) is 0 Å². The topological polar surface area (TPSA) is 52.6 Å². The fourth-order valence-electron chi connectivity index (χ4n) is 3.20. The van der Waals surface area contributed by atoms with E-state index in [9.17, 15) is 9.90 Å². The summed E-state index contributed by atoms with van der Waals surface area (Å²) in [5.74, 6) is -0.302. The molecule has 23 heavy (non-hydrogen) atoms. The summed E-state index contributed by atoms with van der Waals surface area (Å²) < 4.78 is 0.919. The molecule has 1 aliphatic heterocycles. The van der Waals surface area contributed by atoms with Gasteiger partial charge in [-0.25, -0.2) is 0 Å². The number of likely N-dealkylation sites (N-methyl/N-ethyl adjacent to an activating group) is 1. The first-order valence-electron chi connectivity index (χ1n) is 7.95. The predicted octanol–water partition coefficient (Wildman–Crippen LogP) is 3.32. The summed E-state index contributed by atoms with van der Waals surface area (Å²) in [5.41, 5.74) is 0.205. The molecule has 121 valence electrons. The van der Waals surface area contributed by atoms with Gasteiger partial charge in [-0.05, 0) is 54.9 Å². The lowest BCUT2D eigenvalue weighted by Crippen LogP contribution is -2.40. The number of aromatic hydroxyl groups is 1. The van der Waals surface area contributed by atoms with Gasteiger partial charge in [0.05, 0.1) is 5.56 Å². The Balaban J connectivity index is 1.76. The first-order valence-corrected chi connectivity index (χ1v) is 8.74. The highest BCUT2D eigenvalue weighted by Crippen LogP contribution is 2.27. The molecule has 0 spiro atoms. The van der Waals surface area contributed by atoms with E-state index in [1.54, 1.807) is 6.07 Å². The second-order valence-electron chi connectivity index (χ2n) is 5.90. The van der Waals surface area contributed by atoms with Crippen LogP contribution in [-0.4, -0.2) is 41.6 Å². The largest absolute Gasteiger partial charge is 0.507 e. The number of amides is 1. The molecule has 5 heteroatoms. The van der Waals surface area contributed by atoms with Crippen LogP contribution in [0.15, 0.2) is 28.7 Å². The molecule has 0 aromatic heterocycles. The van der Waals surface area contributed by atoms with Crippen molar-refractivity contribution < 1.29 is 9.90 Å². The molecule has 1 aliphatic rings. The fraction of sp³-hybridized carbons (Fsp3) is 0.389. The lowest BCUT2D eigenvalue weighted by Gasteiger charge is -2.22. The number of carbonyl (C=O) groups excluding carboxylic acids is 1. The minimum absolute atomic E-state index is 0.0314. The van der Waals surface area contributed by atoms with Gasteiger partial charge in [-0.2, -0.15) is 0 Å². The van der Waals surface area contributed by atoms with Gasteiger partial charge < -0.3 is 10.4 Å². The van der Waals surface area contributed by atoms with E-state index in [0.29, 0.717) is 12.6 Å². The van der Waals surface area contributed by atoms with Crippen LogP contribution in [0.25, 0.3) is 10.8 Å². The van der Waals surface area contributed by atoms with Crippen LogP contribution in [0.1, 0.15) is 30.1 Å². The van der Waals surface area contributed by atoms with E-state index in [0.717, 1.165) is 34.8 Å². The Kier molecular flexibility index (Phi) is 4.87. The zero-order valence-electron chi connectivity index (χ0n) is 13.1. The lowest BCUT2D eigenvalue weighted by atomic mass is 10.1. The maximum atomic E-state index is 12.4. The Bertz CT molecular complexity index is 732. The number of nitrogens with one attached hydrogen (secondary N) is 1. The van der Waals surface area contributed by atoms with Crippen molar-refractivity contribution in [3.8, 4) is 5.75 Å². The minimum Gasteiger partial charge on any atom is -0.507 e. The van der Waals surface area contributed by atoms with E-state index in [1.807, 2.05) is 18.2 Å². The molecule has 1 fully saturated rings. The molecule has 2 aromatic rings. The summed E-state index contributed by atoms with van der Waals surface area (Å²) in [4.78, 5) is 14.8. The average molecular weight is 376 g/mol. The zero-order chi connectivity index (χ0) is 16.4. The van der Waals surface area contributed by atoms with Gasteiger partial charge in [-0.15, -0.1) is 0 Å². The summed E-state index contributed by atoms with van der Waals surface area (Å²) in [6.07, 6.45) is 2.28. The summed E-state index contributed by atoms with van der Waals surface area (Å²) in [7, 11) is 0. The highest BCUT2D eigenvalue weighted by atomic mass is 79.9. The summed E-state index contributed by atoms with van der Waals surface area (Å²) in [6, 6.07) is 10.7. The molecule has 1 atom stereocenters. The summed E-state index contributed by atoms with van der Waals surface area (Å²) >= 11 is 3.41. The molecule has 3 rings (SSSR count). The standard InChI is InChI=1S/C18H20BrN2O2/c1-2-21-7-3-4-15(21)11-20-18(23)16-9-13-8-14(19)6-5-12(13)10-17(16)22/h5-6,8,10,15,22H,2-4,7,11H2,1H3,(H,20,23). The first kappa shape index (κ1) is 16.3. The molecule has 2 N–H and O–H groups in total. The molecule has 1 saturated heterocycles. The van der Waals surface area contributed by atoms with Gasteiger partial charge >= 0.3 is 0 Å². The van der Waals surface area contributed by atoms with Gasteiger partial charge in [0.2, 0.25) is 0 Å². The van der Waals surface area contributed by atoms with Crippen molar-refractivity contribution in [2.24, 2.45) is 0 Å². The lowest BCUT2D eigenvalue weighted by molar-refractivity contribution is 0.0938. The van der Waals surface area contributed by atoms with Crippen molar-refractivity contribution in [1.82, 2.24) is 10.2 Å². The van der Waals surface area contributed by atoms with E-state index in [-0.39, 0.29) is 17.2 Å². The third-order valence-electron chi connectivity index (χ3n) is 4.45. The number of fused-ring (bicyclic) bond motifs is 1. The van der Waals surface area contributed by atoms with Crippen LogP contribution in [0.2, 0.25) is 0 Å². The molecule has 0 aliphatic carbocycles. The fourth-order valence-corrected chi connectivity index (χ4v) is 3.56. The van der Waals surface area contributed by atoms with E-state index in [4.69, 9.17) is 0 Å². The van der Waals surface area contributed by atoms with Gasteiger partial charge in [0.1, 0.15) is 5.75 Å². The predicted molar refractivity (Wildman–Crippen MR) is 94.8 cm³/mol. The number of nitrogens with zero attached hydrogens (tertiary/aromatic N) is 1. The number of phenolic OH excluding ortho intramolecular Hbond substituents is 1. The number of likely N-dealkylation sites (tertiary alicyclic amines) is 1. The third kappa shape index (κ3) is 3.51. The second-order valence-corrected chi connectivity index (χ2v) is 6.81. The molecule has 1 radical (unpaired) electrons. The van der Waals surface area contributed by atoms with Crippen molar-refractivity contribution >= 4 is 32.6 Å². The number of phenols is 1. The highest BCUT2D eigenvalue weighted by molar-refractivity contribution is 9.10. The molecule has 1 heterocycles. The van der Waals surface area contributed by atoms with Crippen molar-refractivity contribution in [2.45, 2.75) is 25.8 Å². The summed E-state index contributed by atoms with van der Waals surface area (Å²) in [5, 5.41) is 14.7. The smallest absolute Gasteiger partial charge is 0.255 e. The van der Waals surface area contributed by atoms with E-state index in [2.05, 4.69) is 39.1 Å². The first-order chi connectivity index (χ1) is 11.1. The van der Waals surface area contributed by atoms with Crippen molar-refractivity contribution in [3.63, 3.8) is 0 Å². The van der Waals surface area contributed by atoms with Gasteiger partial charge in [0.15, 0.2) is 0 Å². The Morgan fingerprint density at radius 1 is 1.48 bits per heavy atom. The van der Waals surface area contributed by atoms with Crippen molar-refractivity contribution in [1.29, 1.82) is 0 Å². The highest BCUT2D eigenvalue weighted by Gasteiger charge is 2.24. The molecule has 0 bridgehead atoms. The molecule has 1 unspecified atom stereocenters. The molecule has 2 aromatic carbocycles. The van der Waals surface area contributed by atoms with Crippen LogP contribution in [0.3, 0.4) is 0 Å². The van der Waals surface area contributed by atoms with Gasteiger partial charge in [-0.3, -0.25) is 9.69 Å². The van der Waals surface area contributed by atoms with Crippen molar-refractivity contribution in [3.05, 3.63) is 40.4 Å². The Morgan fingerprint density at radius 3 is 3.09 bits per heavy atom. The summed E-state index contributed by atoms with van der Waals surface area (Å²) in [6.45, 7) is 4.84. The van der Waals surface area contributed by atoms with Crippen LogP contribution in [0.5, 0.6) is 5.75 Å². The van der Waals surface area contributed by atoms with Crippen LogP contribution >= 0.6 is 15.9 Å². The molecule has 1 amide bonds. The number of hydrogen-bond acceptors (Lipinski definition) is 3. The van der Waals surface area contributed by atoms with Crippen molar-refractivity contribution in [2.75, 3.05) is 19.6 Å². The molecular weight excluding hydrogens is 356 g/mol. The van der Waals surface area contributed by atoms with E-state index < -0.39 is 0 Å². The SMILES string of the molecule is CCN1CCCC1CNC(=O)c1[c]c2cc(Br)ccc2cc1O. The number of carbonyl (C=O) groups is 1. The zero-order valence-corrected chi connectivity index (χ0v) is 14.7. The average Bonchev–Trinajstić information content (AvgIpc) is 3.00. The molecule has 4 nitrogen and oxygen atoms in total. The van der Waals surface area contributed by atoms with Gasteiger partial charge in [-0.1, -0.05) is 28.9 Å². The number of halogens is 1. The molecular formula is C18H20BrN2O2. The van der Waals surface area contributed by atoms with Crippen LogP contribution < -0.4 is 5.32 Å². The third-order valence-corrected chi connectivity index (χ3v) is 4.95. The Labute approximate surface area is 144 Å². The van der Waals surface area contributed by atoms with E-state index >= 15 is 0 Å². The van der Waals surface area contributed by atoms with Gasteiger partial charge in [0.25, 0.3) is 5.91 Å². The van der Waals surface area contributed by atoms with Gasteiger partial charge in [0, 0.05) is 23.1 Å². The van der Waals surface area contributed by atoms with E-state index in [1.165, 1.54) is 6.42 Å². The number of rotatable bonds is 4. The monoisotopic (exact) mass is 375 g/mol. The normalized spacial score (nSPS) is 18.4. The number of benzene rings is 2. The number of hydrogen-bond donors (Lipinski definition) is 2. The Hall–Kier alpha value is -1.59. The van der Waals surface area contributed by atoms with Crippen LogP contribution in [0, 0.1) is 6.07 Å². The maximum absolute atomic E-state index is 12.4. The minimum atomic E-state index is -0.271. The maximum Gasteiger partial charge on any atom is 0.255 e. The quantitative estimate of drug-likeness (QED) is 0.861. The van der Waals surface area contributed by atoms with Crippen LogP contribution in [0.4, 0.5) is 0 Å².